The van der Waals surface area contributed by atoms with Crippen molar-refractivity contribution in [2.45, 2.75) is 0 Å². The highest BCUT2D eigenvalue weighted by Crippen LogP contribution is 2.45. The third-order valence-electron chi connectivity index (χ3n) is 14.0. The van der Waals surface area contributed by atoms with Crippen LogP contribution in [0.25, 0.3) is 144 Å². The van der Waals surface area contributed by atoms with Gasteiger partial charge in [0.05, 0.1) is 22.1 Å². The van der Waals surface area contributed by atoms with Gasteiger partial charge in [-0.05, 0) is 60.7 Å². The first kappa shape index (κ1) is 38.5. The Balaban J connectivity index is 0.894. The van der Waals surface area contributed by atoms with Crippen molar-refractivity contribution in [1.29, 1.82) is 0 Å². The SMILES string of the molecule is c1ccc(-c2nc(-c3ccc4c(c3)oc3cc(-n5c6ccccc6c6ccccc65)ccc34)nc(-c3cccc4oc5c(-c6cccc7c8ccccc8n(-c8ccccc8)c67)cccc5c34)n2)cc1. The van der Waals surface area contributed by atoms with E-state index in [9.17, 15) is 0 Å². The second-order valence-corrected chi connectivity index (χ2v) is 17.9. The van der Waals surface area contributed by atoms with Crippen molar-refractivity contribution in [3.05, 3.63) is 224 Å². The van der Waals surface area contributed by atoms with Crippen molar-refractivity contribution in [3.63, 3.8) is 0 Å². The number of furan rings is 2. The number of aromatic nitrogens is 5. The summed E-state index contributed by atoms with van der Waals surface area (Å²) in [4.78, 5) is 15.6. The molecule has 70 heavy (non-hydrogen) atoms. The summed E-state index contributed by atoms with van der Waals surface area (Å²) in [7, 11) is 0. The van der Waals surface area contributed by atoms with Crippen molar-refractivity contribution in [2.75, 3.05) is 0 Å². The van der Waals surface area contributed by atoms with E-state index in [4.69, 9.17) is 23.8 Å². The maximum Gasteiger partial charge on any atom is 0.164 e. The van der Waals surface area contributed by atoms with E-state index >= 15 is 0 Å². The zero-order chi connectivity index (χ0) is 45.9. The van der Waals surface area contributed by atoms with Gasteiger partial charge in [-0.25, -0.2) is 15.0 Å². The van der Waals surface area contributed by atoms with E-state index in [0.717, 1.165) is 105 Å². The van der Waals surface area contributed by atoms with Gasteiger partial charge in [-0.2, -0.15) is 0 Å². The maximum atomic E-state index is 6.96. The standard InChI is InChI=1S/C63H37N5O2/c1-3-16-38(17-4-1)61-64-62(39-32-34-45-46-35-33-41(37-57(46)69-56(45)36-39)67-52-28-10-7-20-42(52)43-21-8-11-29-53(43)67)66-63(65-61)51-27-15-31-55-58(51)50-26-14-25-49(60(50)70-55)48-24-13-23-47-44-22-9-12-30-54(44)68(59(47)48)40-18-5-2-6-19-40/h1-37H. The van der Waals surface area contributed by atoms with Crippen molar-refractivity contribution in [3.8, 4) is 56.7 Å². The summed E-state index contributed by atoms with van der Waals surface area (Å²) in [6.07, 6.45) is 0. The smallest absolute Gasteiger partial charge is 0.164 e. The van der Waals surface area contributed by atoms with Crippen molar-refractivity contribution in [1.82, 2.24) is 24.1 Å². The molecule has 0 saturated heterocycles. The van der Waals surface area contributed by atoms with Crippen LogP contribution >= 0.6 is 0 Å². The topological polar surface area (TPSA) is 74.8 Å². The fraction of sp³-hybridized carbons (Fsp3) is 0. The van der Waals surface area contributed by atoms with Crippen LogP contribution in [0.3, 0.4) is 0 Å². The Labute approximate surface area is 399 Å². The normalized spacial score (nSPS) is 12.0. The zero-order valence-corrected chi connectivity index (χ0v) is 37.4. The minimum Gasteiger partial charge on any atom is -0.456 e. The Morgan fingerprint density at radius 2 is 0.843 bits per heavy atom. The Kier molecular flexibility index (Phi) is 8.23. The molecule has 10 aromatic carbocycles. The molecule has 0 unspecified atom stereocenters. The quantitative estimate of drug-likeness (QED) is 0.166. The van der Waals surface area contributed by atoms with Crippen LogP contribution in [0.4, 0.5) is 0 Å². The van der Waals surface area contributed by atoms with Crippen LogP contribution in [0.5, 0.6) is 0 Å². The molecule has 0 spiro atoms. The Morgan fingerprint density at radius 3 is 1.59 bits per heavy atom. The molecule has 15 rings (SSSR count). The average Bonchev–Trinajstić information content (AvgIpc) is 4.19. The molecule has 7 heteroatoms. The van der Waals surface area contributed by atoms with Gasteiger partial charge in [0.25, 0.3) is 0 Å². The van der Waals surface area contributed by atoms with Gasteiger partial charge in [-0.15, -0.1) is 0 Å². The lowest BCUT2D eigenvalue weighted by atomic mass is 9.98. The lowest BCUT2D eigenvalue weighted by Crippen LogP contribution is -2.00. The lowest BCUT2D eigenvalue weighted by molar-refractivity contribution is 0.668. The molecule has 15 aromatic rings. The molecule has 0 bridgehead atoms. The summed E-state index contributed by atoms with van der Waals surface area (Å²) in [5, 5.41) is 8.82. The molecular formula is C63H37N5O2. The summed E-state index contributed by atoms with van der Waals surface area (Å²) in [5.41, 5.74) is 14.5. The largest absolute Gasteiger partial charge is 0.456 e. The maximum absolute atomic E-state index is 6.96. The van der Waals surface area contributed by atoms with Crippen LogP contribution in [0.2, 0.25) is 0 Å². The van der Waals surface area contributed by atoms with E-state index in [1.807, 2.05) is 42.5 Å². The molecule has 0 fully saturated rings. The number of hydrogen-bond acceptors (Lipinski definition) is 5. The Hall–Kier alpha value is -9.59. The summed E-state index contributed by atoms with van der Waals surface area (Å²) in [6, 6.07) is 78.3. The first-order valence-electron chi connectivity index (χ1n) is 23.5. The molecule has 0 amide bonds. The first-order valence-corrected chi connectivity index (χ1v) is 23.5. The minimum atomic E-state index is 0.545. The predicted octanol–water partition coefficient (Wildman–Crippen LogP) is 16.5. The molecule has 5 heterocycles. The van der Waals surface area contributed by atoms with Crippen molar-refractivity contribution >= 4 is 87.5 Å². The molecule has 5 aromatic heterocycles. The summed E-state index contributed by atoms with van der Waals surface area (Å²) >= 11 is 0. The Bertz CT molecular complexity index is 4540. The molecule has 0 atom stereocenters. The van der Waals surface area contributed by atoms with E-state index in [1.54, 1.807) is 0 Å². The summed E-state index contributed by atoms with van der Waals surface area (Å²) < 4.78 is 18.4. The molecule has 0 aliphatic rings. The molecule has 0 saturated carbocycles. The van der Waals surface area contributed by atoms with E-state index in [1.165, 1.54) is 21.5 Å². The summed E-state index contributed by atoms with van der Waals surface area (Å²) in [6.45, 7) is 0. The van der Waals surface area contributed by atoms with E-state index in [2.05, 4.69) is 191 Å². The fourth-order valence-corrected chi connectivity index (χ4v) is 10.9. The van der Waals surface area contributed by atoms with E-state index in [0.29, 0.717) is 17.5 Å². The third-order valence-corrected chi connectivity index (χ3v) is 14.0. The molecule has 0 radical (unpaired) electrons. The number of para-hydroxylation sites is 6. The van der Waals surface area contributed by atoms with Crippen molar-refractivity contribution in [2.24, 2.45) is 0 Å². The molecule has 0 N–H and O–H groups in total. The number of fused-ring (bicyclic) bond motifs is 12. The van der Waals surface area contributed by atoms with Gasteiger partial charge in [-0.1, -0.05) is 158 Å². The van der Waals surface area contributed by atoms with E-state index in [-0.39, 0.29) is 0 Å². The average molecular weight is 896 g/mol. The third kappa shape index (κ3) is 5.72. The second-order valence-electron chi connectivity index (χ2n) is 17.9. The molecule has 0 aliphatic heterocycles. The van der Waals surface area contributed by atoms with Crippen LogP contribution < -0.4 is 0 Å². The van der Waals surface area contributed by atoms with Gasteiger partial charge in [0, 0.05) is 88.3 Å². The summed E-state index contributed by atoms with van der Waals surface area (Å²) in [5.74, 6) is 1.67. The monoisotopic (exact) mass is 895 g/mol. The van der Waals surface area contributed by atoms with Gasteiger partial charge in [-0.3, -0.25) is 0 Å². The highest BCUT2D eigenvalue weighted by Gasteiger charge is 2.23. The second kappa shape index (κ2) is 15.0. The predicted molar refractivity (Wildman–Crippen MR) is 285 cm³/mol. The van der Waals surface area contributed by atoms with Gasteiger partial charge in [0.2, 0.25) is 0 Å². The minimum absolute atomic E-state index is 0.545. The highest BCUT2D eigenvalue weighted by molar-refractivity contribution is 6.19. The van der Waals surface area contributed by atoms with Gasteiger partial charge in [0.15, 0.2) is 17.5 Å². The highest BCUT2D eigenvalue weighted by atomic mass is 16.3. The number of hydrogen-bond donors (Lipinski definition) is 0. The zero-order valence-electron chi connectivity index (χ0n) is 37.4. The molecule has 7 nitrogen and oxygen atoms in total. The molecule has 0 aliphatic carbocycles. The van der Waals surface area contributed by atoms with Crippen LogP contribution in [-0.2, 0) is 0 Å². The van der Waals surface area contributed by atoms with Gasteiger partial charge < -0.3 is 18.0 Å². The van der Waals surface area contributed by atoms with Crippen LogP contribution in [0.1, 0.15) is 0 Å². The van der Waals surface area contributed by atoms with Crippen LogP contribution in [0, 0.1) is 0 Å². The number of rotatable bonds is 6. The van der Waals surface area contributed by atoms with Crippen molar-refractivity contribution < 1.29 is 8.83 Å². The first-order chi connectivity index (χ1) is 34.7. The fourth-order valence-electron chi connectivity index (χ4n) is 10.9. The number of benzene rings is 10. The number of nitrogens with zero attached hydrogens (tertiary/aromatic N) is 5. The molecular weight excluding hydrogens is 859 g/mol. The van der Waals surface area contributed by atoms with Gasteiger partial charge in [0.1, 0.15) is 22.3 Å². The van der Waals surface area contributed by atoms with Gasteiger partial charge >= 0.3 is 0 Å². The van der Waals surface area contributed by atoms with E-state index < -0.39 is 0 Å². The Morgan fingerprint density at radius 1 is 0.300 bits per heavy atom. The van der Waals surface area contributed by atoms with Crippen LogP contribution in [-0.4, -0.2) is 24.1 Å². The van der Waals surface area contributed by atoms with Crippen LogP contribution in [0.15, 0.2) is 233 Å². The lowest BCUT2D eigenvalue weighted by Gasteiger charge is -2.12. The molecule has 326 valence electrons.